The van der Waals surface area contributed by atoms with Gasteiger partial charge in [0, 0.05) is 12.7 Å². The molecule has 0 spiro atoms. The van der Waals surface area contributed by atoms with Crippen LogP contribution >= 0.6 is 15.9 Å². The van der Waals surface area contributed by atoms with Gasteiger partial charge in [0.15, 0.2) is 0 Å². The van der Waals surface area contributed by atoms with Crippen LogP contribution in [0.25, 0.3) is 11.3 Å². The summed E-state index contributed by atoms with van der Waals surface area (Å²) in [6.45, 7) is 4.14. The van der Waals surface area contributed by atoms with E-state index in [0.29, 0.717) is 15.9 Å². The van der Waals surface area contributed by atoms with Gasteiger partial charge in [-0.3, -0.25) is 4.79 Å². The zero-order valence-electron chi connectivity index (χ0n) is 18.6. The molecule has 2 heterocycles. The van der Waals surface area contributed by atoms with E-state index in [1.165, 1.54) is 18.2 Å². The van der Waals surface area contributed by atoms with Crippen molar-refractivity contribution in [2.45, 2.75) is 38.0 Å². The van der Waals surface area contributed by atoms with Gasteiger partial charge in [-0.05, 0) is 63.9 Å². The van der Waals surface area contributed by atoms with Crippen molar-refractivity contribution in [3.05, 3.63) is 69.3 Å². The van der Waals surface area contributed by atoms with Gasteiger partial charge in [0.25, 0.3) is 5.91 Å². The molecular formula is C24H22BrF2N5O2. The van der Waals surface area contributed by atoms with Gasteiger partial charge in [0.1, 0.15) is 11.6 Å². The zero-order valence-corrected chi connectivity index (χ0v) is 20.2. The summed E-state index contributed by atoms with van der Waals surface area (Å²) < 4.78 is 29.5. The average Bonchev–Trinajstić information content (AvgIpc) is 3.18. The molecule has 2 N–H and O–H groups in total. The van der Waals surface area contributed by atoms with Crippen molar-refractivity contribution in [1.82, 2.24) is 25.5 Å². The lowest BCUT2D eigenvalue weighted by Gasteiger charge is -2.38. The third kappa shape index (κ3) is 3.11. The second-order valence-electron chi connectivity index (χ2n) is 9.22. The highest BCUT2D eigenvalue weighted by Crippen LogP contribution is 2.70. The molecular weight excluding hydrogens is 508 g/mol. The maximum Gasteiger partial charge on any atom is 0.289 e. The van der Waals surface area contributed by atoms with Crippen LogP contribution in [0.2, 0.25) is 0 Å². The first-order chi connectivity index (χ1) is 16.2. The van der Waals surface area contributed by atoms with E-state index in [1.807, 2.05) is 0 Å². The molecule has 2 aliphatic carbocycles. The molecule has 1 amide bonds. The van der Waals surface area contributed by atoms with E-state index in [4.69, 9.17) is 5.11 Å². The SMILES string of the molecule is CC1(C)[C@H]2CC[C@]1(c1nc(C(=O)NCCO)ncc1Br)c1nnc(-c3c(F)cccc3F)cc12. The van der Waals surface area contributed by atoms with Crippen molar-refractivity contribution in [2.75, 3.05) is 13.2 Å². The molecule has 5 rings (SSSR count). The van der Waals surface area contributed by atoms with E-state index in [1.54, 1.807) is 12.3 Å². The number of fused-ring (bicyclic) bond motifs is 5. The molecule has 1 aromatic carbocycles. The molecule has 7 nitrogen and oxygen atoms in total. The van der Waals surface area contributed by atoms with Crippen LogP contribution in [-0.4, -0.2) is 44.3 Å². The van der Waals surface area contributed by atoms with Crippen LogP contribution in [0.4, 0.5) is 8.78 Å². The number of benzene rings is 1. The Morgan fingerprint density at radius 1 is 1.24 bits per heavy atom. The standard InChI is InChI=1S/C24H22BrF2N5O2/c1-23(2)13-6-7-24(23,20-14(25)11-29-21(30-20)22(34)28-8-9-33)19-12(13)10-17(31-32-19)18-15(26)4-3-5-16(18)27/h3-5,10-11,13,33H,6-9H2,1-2H3,(H,28,34)/t13-,24+/m0/s1. The van der Waals surface area contributed by atoms with Gasteiger partial charge in [0.05, 0.1) is 39.1 Å². The highest BCUT2D eigenvalue weighted by molar-refractivity contribution is 9.10. The fourth-order valence-electron chi connectivity index (χ4n) is 5.74. The number of carbonyl (C=O) groups is 1. The van der Waals surface area contributed by atoms with Crippen LogP contribution < -0.4 is 5.32 Å². The number of halogens is 3. The summed E-state index contributed by atoms with van der Waals surface area (Å²) in [7, 11) is 0. The monoisotopic (exact) mass is 529 g/mol. The quantitative estimate of drug-likeness (QED) is 0.519. The Kier molecular flexibility index (Phi) is 5.48. The highest BCUT2D eigenvalue weighted by Gasteiger charge is 2.65. The van der Waals surface area contributed by atoms with Crippen LogP contribution in [0, 0.1) is 17.0 Å². The van der Waals surface area contributed by atoms with Crippen molar-refractivity contribution in [1.29, 1.82) is 0 Å². The van der Waals surface area contributed by atoms with Crippen LogP contribution in [0.3, 0.4) is 0 Å². The second-order valence-corrected chi connectivity index (χ2v) is 10.1. The molecule has 1 saturated carbocycles. The Morgan fingerprint density at radius 2 is 1.97 bits per heavy atom. The van der Waals surface area contributed by atoms with Crippen molar-refractivity contribution in [3.63, 3.8) is 0 Å². The number of amides is 1. The number of carbonyl (C=O) groups excluding carboxylic acids is 1. The molecule has 0 aliphatic heterocycles. The van der Waals surface area contributed by atoms with E-state index >= 15 is 0 Å². The van der Waals surface area contributed by atoms with E-state index < -0.39 is 23.0 Å². The Morgan fingerprint density at radius 3 is 2.68 bits per heavy atom. The van der Waals surface area contributed by atoms with Crippen molar-refractivity contribution in [2.24, 2.45) is 5.41 Å². The fourth-order valence-corrected chi connectivity index (χ4v) is 6.27. The first kappa shape index (κ1) is 22.9. The lowest BCUT2D eigenvalue weighted by atomic mass is 9.66. The number of aliphatic hydroxyl groups is 1. The van der Waals surface area contributed by atoms with Crippen molar-refractivity contribution < 1.29 is 18.7 Å². The molecule has 176 valence electrons. The minimum absolute atomic E-state index is 0.00766. The molecule has 0 saturated heterocycles. The average molecular weight is 530 g/mol. The molecule has 2 aromatic heterocycles. The van der Waals surface area contributed by atoms with E-state index in [9.17, 15) is 13.6 Å². The summed E-state index contributed by atoms with van der Waals surface area (Å²) in [6, 6.07) is 5.45. The normalized spacial score (nSPS) is 22.0. The smallest absolute Gasteiger partial charge is 0.289 e. The van der Waals surface area contributed by atoms with Crippen LogP contribution in [0.15, 0.2) is 34.9 Å². The van der Waals surface area contributed by atoms with Crippen molar-refractivity contribution >= 4 is 21.8 Å². The first-order valence-corrected chi connectivity index (χ1v) is 11.8. The zero-order chi connectivity index (χ0) is 24.3. The van der Waals surface area contributed by atoms with Gasteiger partial charge < -0.3 is 10.4 Å². The number of aromatic nitrogens is 4. The number of nitrogens with one attached hydrogen (secondary N) is 1. The maximum absolute atomic E-state index is 14.4. The van der Waals surface area contributed by atoms with Gasteiger partial charge in [-0.2, -0.15) is 5.10 Å². The molecule has 0 radical (unpaired) electrons. The Hall–Kier alpha value is -2.85. The number of aliphatic hydroxyl groups excluding tert-OH is 1. The third-order valence-electron chi connectivity index (χ3n) is 7.35. The van der Waals surface area contributed by atoms with Gasteiger partial charge in [-0.1, -0.05) is 19.9 Å². The van der Waals surface area contributed by atoms with Crippen molar-refractivity contribution in [3.8, 4) is 11.3 Å². The predicted molar refractivity (Wildman–Crippen MR) is 123 cm³/mol. The van der Waals surface area contributed by atoms with Crippen LogP contribution in [0.5, 0.6) is 0 Å². The minimum Gasteiger partial charge on any atom is -0.395 e. The largest absolute Gasteiger partial charge is 0.395 e. The molecule has 0 unspecified atom stereocenters. The highest BCUT2D eigenvalue weighted by atomic mass is 79.9. The molecule has 1 fully saturated rings. The Bertz CT molecular complexity index is 1300. The second kappa shape index (κ2) is 8.13. The molecule has 2 aliphatic rings. The Labute approximate surface area is 203 Å². The summed E-state index contributed by atoms with van der Waals surface area (Å²) in [5.41, 5.74) is 1.15. The molecule has 3 aromatic rings. The van der Waals surface area contributed by atoms with Gasteiger partial charge in [-0.15, -0.1) is 5.10 Å². The predicted octanol–water partition coefficient (Wildman–Crippen LogP) is 3.90. The van der Waals surface area contributed by atoms with E-state index in [-0.39, 0.29) is 41.6 Å². The summed E-state index contributed by atoms with van der Waals surface area (Å²) in [5, 5.41) is 20.3. The summed E-state index contributed by atoms with van der Waals surface area (Å²) in [4.78, 5) is 21.3. The molecule has 34 heavy (non-hydrogen) atoms. The molecule has 2 bridgehead atoms. The lowest BCUT2D eigenvalue weighted by molar-refractivity contribution is 0.0933. The number of nitrogens with zero attached hydrogens (tertiary/aromatic N) is 4. The van der Waals surface area contributed by atoms with Crippen LogP contribution in [-0.2, 0) is 5.41 Å². The number of hydrogen-bond acceptors (Lipinski definition) is 6. The topological polar surface area (TPSA) is 101 Å². The van der Waals surface area contributed by atoms with Gasteiger partial charge in [-0.25, -0.2) is 18.7 Å². The summed E-state index contributed by atoms with van der Waals surface area (Å²) in [6.07, 6.45) is 3.10. The Balaban J connectivity index is 1.67. The molecule has 10 heteroatoms. The van der Waals surface area contributed by atoms with E-state index in [2.05, 4.69) is 55.3 Å². The van der Waals surface area contributed by atoms with Crippen LogP contribution in [0.1, 0.15) is 60.2 Å². The van der Waals surface area contributed by atoms with E-state index in [0.717, 1.165) is 18.4 Å². The molecule has 2 atom stereocenters. The summed E-state index contributed by atoms with van der Waals surface area (Å²) >= 11 is 3.57. The number of hydrogen-bond donors (Lipinski definition) is 2. The summed E-state index contributed by atoms with van der Waals surface area (Å²) in [5.74, 6) is -1.81. The first-order valence-electron chi connectivity index (χ1n) is 11.0. The lowest BCUT2D eigenvalue weighted by Crippen LogP contribution is -2.39. The van der Waals surface area contributed by atoms with Gasteiger partial charge in [0.2, 0.25) is 5.82 Å². The number of rotatable bonds is 5. The minimum atomic E-state index is -0.691. The maximum atomic E-state index is 14.4. The van der Waals surface area contributed by atoms with Gasteiger partial charge >= 0.3 is 0 Å². The third-order valence-corrected chi connectivity index (χ3v) is 7.93. The fraction of sp³-hybridized carbons (Fsp3) is 0.375.